The highest BCUT2D eigenvalue weighted by molar-refractivity contribution is 7.99. The van der Waals surface area contributed by atoms with Gasteiger partial charge in [0.15, 0.2) is 0 Å². The second-order valence-corrected chi connectivity index (χ2v) is 7.14. The first kappa shape index (κ1) is 15.5. The number of carbonyl (C=O) groups excluding carboxylic acids is 1. The number of hydrogen-bond acceptors (Lipinski definition) is 3. The third kappa shape index (κ3) is 4.89. The van der Waals surface area contributed by atoms with Crippen molar-refractivity contribution in [1.29, 1.82) is 0 Å². The lowest BCUT2D eigenvalue weighted by atomic mass is 9.86. The van der Waals surface area contributed by atoms with E-state index in [-0.39, 0.29) is 18.0 Å². The second-order valence-electron chi connectivity index (χ2n) is 5.73. The van der Waals surface area contributed by atoms with Gasteiger partial charge in [-0.25, -0.2) is 4.79 Å². The van der Waals surface area contributed by atoms with E-state index in [2.05, 4.69) is 10.6 Å². The second kappa shape index (κ2) is 7.76. The van der Waals surface area contributed by atoms with Crippen LogP contribution in [-0.2, 0) is 4.79 Å². The number of amides is 2. The first-order valence-electron chi connectivity index (χ1n) is 7.54. The van der Waals surface area contributed by atoms with Crippen LogP contribution in [0.4, 0.5) is 4.79 Å². The summed E-state index contributed by atoms with van der Waals surface area (Å²) in [5.41, 5.74) is 0. The molecule has 0 radical (unpaired) electrons. The predicted molar refractivity (Wildman–Crippen MR) is 80.0 cm³/mol. The third-order valence-corrected chi connectivity index (χ3v) is 5.57. The van der Waals surface area contributed by atoms with Gasteiger partial charge in [0, 0.05) is 17.8 Å². The Morgan fingerprint density at radius 2 is 1.85 bits per heavy atom. The summed E-state index contributed by atoms with van der Waals surface area (Å²) in [7, 11) is 0. The van der Waals surface area contributed by atoms with E-state index in [1.807, 2.05) is 11.8 Å². The van der Waals surface area contributed by atoms with E-state index in [1.165, 1.54) is 25.0 Å². The quantitative estimate of drug-likeness (QED) is 0.744. The van der Waals surface area contributed by atoms with Crippen molar-refractivity contribution in [2.75, 3.05) is 12.3 Å². The molecule has 1 aliphatic heterocycles. The van der Waals surface area contributed by atoms with Gasteiger partial charge in [0.2, 0.25) is 0 Å². The van der Waals surface area contributed by atoms with Crippen molar-refractivity contribution in [2.45, 2.75) is 56.2 Å². The van der Waals surface area contributed by atoms with Crippen molar-refractivity contribution in [3.05, 3.63) is 0 Å². The zero-order valence-electron chi connectivity index (χ0n) is 11.8. The fourth-order valence-electron chi connectivity index (χ4n) is 2.90. The molecule has 0 aromatic carbocycles. The van der Waals surface area contributed by atoms with Crippen LogP contribution in [0, 0.1) is 5.92 Å². The van der Waals surface area contributed by atoms with Crippen LogP contribution in [0.5, 0.6) is 0 Å². The number of carboxylic acids is 1. The van der Waals surface area contributed by atoms with Gasteiger partial charge in [-0.3, -0.25) is 4.79 Å². The summed E-state index contributed by atoms with van der Waals surface area (Å²) in [6.45, 7) is 0.737. The van der Waals surface area contributed by atoms with Crippen LogP contribution in [0.1, 0.15) is 44.9 Å². The average molecular weight is 300 g/mol. The Kier molecular flexibility index (Phi) is 6.01. The number of nitrogens with one attached hydrogen (secondary N) is 2. The van der Waals surface area contributed by atoms with E-state index in [9.17, 15) is 9.59 Å². The normalized spacial score (nSPS) is 30.5. The van der Waals surface area contributed by atoms with E-state index in [0.29, 0.717) is 18.1 Å². The third-order valence-electron chi connectivity index (χ3n) is 4.18. The maximum atomic E-state index is 11.8. The minimum absolute atomic E-state index is 0.102. The molecule has 3 N–H and O–H groups in total. The van der Waals surface area contributed by atoms with Crippen LogP contribution in [0.2, 0.25) is 0 Å². The van der Waals surface area contributed by atoms with E-state index in [0.717, 1.165) is 19.4 Å². The molecular weight excluding hydrogens is 276 g/mol. The molecule has 0 aromatic rings. The van der Waals surface area contributed by atoms with Gasteiger partial charge in [-0.15, -0.1) is 0 Å². The standard InChI is InChI=1S/C14H24N2O3S/c17-13(18)10-4-6-11(7-5-10)16-14(19)15-9-12-3-1-2-8-20-12/h10-12H,1-9H2,(H,17,18)(H2,15,16,19). The maximum Gasteiger partial charge on any atom is 0.315 e. The average Bonchev–Trinajstić information content (AvgIpc) is 2.47. The van der Waals surface area contributed by atoms with E-state index < -0.39 is 5.97 Å². The Morgan fingerprint density at radius 1 is 1.10 bits per heavy atom. The molecule has 1 heterocycles. The van der Waals surface area contributed by atoms with Crippen LogP contribution < -0.4 is 10.6 Å². The molecule has 1 unspecified atom stereocenters. The van der Waals surface area contributed by atoms with Gasteiger partial charge in [-0.2, -0.15) is 11.8 Å². The molecule has 5 nitrogen and oxygen atoms in total. The fraction of sp³-hybridized carbons (Fsp3) is 0.857. The predicted octanol–water partition coefficient (Wildman–Crippen LogP) is 2.21. The maximum absolute atomic E-state index is 11.8. The molecule has 1 aliphatic carbocycles. The van der Waals surface area contributed by atoms with Gasteiger partial charge in [0.25, 0.3) is 0 Å². The smallest absolute Gasteiger partial charge is 0.315 e. The van der Waals surface area contributed by atoms with Crippen molar-refractivity contribution >= 4 is 23.8 Å². The molecule has 1 saturated heterocycles. The largest absolute Gasteiger partial charge is 0.481 e. The Labute approximate surface area is 124 Å². The molecule has 0 bridgehead atoms. The van der Waals surface area contributed by atoms with Crippen molar-refractivity contribution in [3.63, 3.8) is 0 Å². The molecule has 20 heavy (non-hydrogen) atoms. The molecule has 2 fully saturated rings. The zero-order chi connectivity index (χ0) is 14.4. The van der Waals surface area contributed by atoms with Crippen LogP contribution >= 0.6 is 11.8 Å². The molecule has 1 saturated carbocycles. The van der Waals surface area contributed by atoms with Gasteiger partial charge >= 0.3 is 12.0 Å². The summed E-state index contributed by atoms with van der Waals surface area (Å²) in [6, 6.07) is 0.0274. The van der Waals surface area contributed by atoms with Crippen LogP contribution in [0.25, 0.3) is 0 Å². The highest BCUT2D eigenvalue weighted by Gasteiger charge is 2.26. The summed E-state index contributed by atoms with van der Waals surface area (Å²) in [5, 5.41) is 15.4. The highest BCUT2D eigenvalue weighted by atomic mass is 32.2. The van der Waals surface area contributed by atoms with E-state index in [4.69, 9.17) is 5.11 Å². The van der Waals surface area contributed by atoms with Gasteiger partial charge in [-0.05, 0) is 44.3 Å². The molecule has 2 rings (SSSR count). The number of hydrogen-bond donors (Lipinski definition) is 3. The monoisotopic (exact) mass is 300 g/mol. The number of rotatable bonds is 4. The van der Waals surface area contributed by atoms with Crippen LogP contribution in [0.3, 0.4) is 0 Å². The van der Waals surface area contributed by atoms with Gasteiger partial charge in [-0.1, -0.05) is 6.42 Å². The van der Waals surface area contributed by atoms with Crippen molar-refractivity contribution < 1.29 is 14.7 Å². The van der Waals surface area contributed by atoms with E-state index in [1.54, 1.807) is 0 Å². The molecule has 2 aliphatic rings. The molecule has 2 amide bonds. The van der Waals surface area contributed by atoms with Crippen molar-refractivity contribution in [3.8, 4) is 0 Å². The molecule has 1 atom stereocenters. The molecule has 0 aromatic heterocycles. The fourth-order valence-corrected chi connectivity index (χ4v) is 4.13. The van der Waals surface area contributed by atoms with Crippen molar-refractivity contribution in [1.82, 2.24) is 10.6 Å². The first-order chi connectivity index (χ1) is 9.65. The lowest BCUT2D eigenvalue weighted by Gasteiger charge is -2.27. The van der Waals surface area contributed by atoms with Gasteiger partial charge in [0.05, 0.1) is 5.92 Å². The minimum Gasteiger partial charge on any atom is -0.481 e. The van der Waals surface area contributed by atoms with Gasteiger partial charge in [0.1, 0.15) is 0 Å². The molecule has 0 spiro atoms. The Balaban J connectivity index is 1.61. The summed E-state index contributed by atoms with van der Waals surface area (Å²) < 4.78 is 0. The Bertz CT molecular complexity index is 337. The number of urea groups is 1. The number of carbonyl (C=O) groups is 2. The number of carboxylic acid groups (broad SMARTS) is 1. The first-order valence-corrected chi connectivity index (χ1v) is 8.59. The van der Waals surface area contributed by atoms with Crippen molar-refractivity contribution in [2.24, 2.45) is 5.92 Å². The van der Waals surface area contributed by atoms with Crippen LogP contribution in [-0.4, -0.2) is 40.7 Å². The lowest BCUT2D eigenvalue weighted by Crippen LogP contribution is -2.45. The lowest BCUT2D eigenvalue weighted by molar-refractivity contribution is -0.142. The highest BCUT2D eigenvalue weighted by Crippen LogP contribution is 2.25. The van der Waals surface area contributed by atoms with Gasteiger partial charge < -0.3 is 15.7 Å². The molecule has 6 heteroatoms. The van der Waals surface area contributed by atoms with Crippen LogP contribution in [0.15, 0.2) is 0 Å². The zero-order valence-corrected chi connectivity index (χ0v) is 12.6. The molecule has 114 valence electrons. The van der Waals surface area contributed by atoms with E-state index >= 15 is 0 Å². The molecular formula is C14H24N2O3S. The summed E-state index contributed by atoms with van der Waals surface area (Å²) in [4.78, 5) is 22.7. The topological polar surface area (TPSA) is 78.4 Å². The SMILES string of the molecule is O=C(NCC1CCCCS1)NC1CCC(C(=O)O)CC1. The Hall–Kier alpha value is -0.910. The summed E-state index contributed by atoms with van der Waals surface area (Å²) >= 11 is 1.95. The summed E-state index contributed by atoms with van der Waals surface area (Å²) in [6.07, 6.45) is 6.61. The number of aliphatic carboxylic acids is 1. The Morgan fingerprint density at radius 3 is 2.45 bits per heavy atom. The number of thioether (sulfide) groups is 1. The summed E-state index contributed by atoms with van der Waals surface area (Å²) in [5.74, 6) is 0.268. The minimum atomic E-state index is -0.706.